The Morgan fingerprint density at radius 2 is 1.16 bits per heavy atom. The molecule has 0 bridgehead atoms. The van der Waals surface area contributed by atoms with Gasteiger partial charge in [-0.1, -0.05) is 78.1 Å². The molecule has 1 atom stereocenters. The van der Waals surface area contributed by atoms with Gasteiger partial charge < -0.3 is 14.6 Å². The maximum atomic E-state index is 11.6. The summed E-state index contributed by atoms with van der Waals surface area (Å²) in [7, 11) is 0. The molecule has 148 valence electrons. The molecule has 0 aliphatic heterocycles. The standard InChI is InChI=1S/C20H38O5/c1-3-5-7-9-11-13-15-24-19(22)17-18(21)20(23)25-16-14-12-10-8-6-4-2/h18,21H,3-17H2,1-2H3/t18-/m0/s1. The van der Waals surface area contributed by atoms with Crippen LogP contribution in [0.15, 0.2) is 0 Å². The fraction of sp³-hybridized carbons (Fsp3) is 0.900. The van der Waals surface area contributed by atoms with Crippen LogP contribution in [0.1, 0.15) is 97.3 Å². The van der Waals surface area contributed by atoms with E-state index in [0.717, 1.165) is 38.5 Å². The van der Waals surface area contributed by atoms with Crippen molar-refractivity contribution in [2.75, 3.05) is 13.2 Å². The number of rotatable bonds is 17. The summed E-state index contributed by atoms with van der Waals surface area (Å²) in [6, 6.07) is 0. The van der Waals surface area contributed by atoms with E-state index in [1.165, 1.54) is 38.5 Å². The second-order valence-corrected chi connectivity index (χ2v) is 6.64. The van der Waals surface area contributed by atoms with Crippen LogP contribution in [-0.2, 0) is 19.1 Å². The van der Waals surface area contributed by atoms with Crippen molar-refractivity contribution >= 4 is 11.9 Å². The Labute approximate surface area is 153 Å². The van der Waals surface area contributed by atoms with Gasteiger partial charge in [0.15, 0.2) is 6.10 Å². The molecule has 0 radical (unpaired) electrons. The first kappa shape index (κ1) is 23.9. The third-order valence-corrected chi connectivity index (χ3v) is 4.14. The molecule has 0 amide bonds. The molecule has 0 fully saturated rings. The van der Waals surface area contributed by atoms with Gasteiger partial charge in [-0.2, -0.15) is 0 Å². The fourth-order valence-electron chi connectivity index (χ4n) is 2.52. The van der Waals surface area contributed by atoms with Gasteiger partial charge in [0, 0.05) is 0 Å². The topological polar surface area (TPSA) is 72.8 Å². The molecule has 0 heterocycles. The lowest BCUT2D eigenvalue weighted by Gasteiger charge is -2.10. The quantitative estimate of drug-likeness (QED) is 0.305. The Hall–Kier alpha value is -1.10. The SMILES string of the molecule is CCCCCCCCOC(=O)C[C@H](O)C(=O)OCCCCCCCC. The molecule has 0 aliphatic carbocycles. The minimum atomic E-state index is -1.42. The van der Waals surface area contributed by atoms with Crippen LogP contribution < -0.4 is 0 Å². The number of aliphatic hydroxyl groups excluding tert-OH is 1. The monoisotopic (exact) mass is 358 g/mol. The predicted molar refractivity (Wildman–Crippen MR) is 99.3 cm³/mol. The van der Waals surface area contributed by atoms with Crippen LogP contribution in [0.4, 0.5) is 0 Å². The minimum absolute atomic E-state index is 0.300. The van der Waals surface area contributed by atoms with E-state index in [1.54, 1.807) is 0 Å². The van der Waals surface area contributed by atoms with Crippen molar-refractivity contribution in [3.63, 3.8) is 0 Å². The molecular weight excluding hydrogens is 320 g/mol. The fourth-order valence-corrected chi connectivity index (χ4v) is 2.52. The molecule has 25 heavy (non-hydrogen) atoms. The summed E-state index contributed by atoms with van der Waals surface area (Å²) in [6.07, 6.45) is 11.5. The zero-order valence-electron chi connectivity index (χ0n) is 16.3. The highest BCUT2D eigenvalue weighted by Crippen LogP contribution is 2.07. The van der Waals surface area contributed by atoms with Crippen molar-refractivity contribution in [2.24, 2.45) is 0 Å². The zero-order chi connectivity index (χ0) is 18.8. The average molecular weight is 359 g/mol. The van der Waals surface area contributed by atoms with E-state index in [0.29, 0.717) is 13.2 Å². The van der Waals surface area contributed by atoms with Crippen molar-refractivity contribution in [1.82, 2.24) is 0 Å². The first-order chi connectivity index (χ1) is 12.1. The molecule has 0 aromatic carbocycles. The highest BCUT2D eigenvalue weighted by molar-refractivity contribution is 5.81. The van der Waals surface area contributed by atoms with Crippen LogP contribution in [0.25, 0.3) is 0 Å². The summed E-state index contributed by atoms with van der Waals surface area (Å²) >= 11 is 0. The van der Waals surface area contributed by atoms with Gasteiger partial charge in [-0.3, -0.25) is 4.79 Å². The van der Waals surface area contributed by atoms with E-state index >= 15 is 0 Å². The van der Waals surface area contributed by atoms with Crippen molar-refractivity contribution < 1.29 is 24.2 Å². The second kappa shape index (κ2) is 17.7. The van der Waals surface area contributed by atoms with E-state index in [9.17, 15) is 14.7 Å². The Balaban J connectivity index is 3.56. The van der Waals surface area contributed by atoms with Crippen LogP contribution >= 0.6 is 0 Å². The number of carbonyl (C=O) groups excluding carboxylic acids is 2. The van der Waals surface area contributed by atoms with E-state index in [-0.39, 0.29) is 6.42 Å². The summed E-state index contributed by atoms with van der Waals surface area (Å²) in [5, 5.41) is 9.69. The van der Waals surface area contributed by atoms with E-state index in [1.807, 2.05) is 0 Å². The Bertz CT molecular complexity index is 330. The average Bonchev–Trinajstić information content (AvgIpc) is 2.59. The predicted octanol–water partition coefficient (Wildman–Crippen LogP) is 4.54. The number of aliphatic hydroxyl groups is 1. The van der Waals surface area contributed by atoms with Crippen molar-refractivity contribution in [2.45, 2.75) is 103 Å². The first-order valence-electron chi connectivity index (χ1n) is 10.1. The van der Waals surface area contributed by atoms with Gasteiger partial charge in [-0.15, -0.1) is 0 Å². The van der Waals surface area contributed by atoms with Gasteiger partial charge in [-0.25, -0.2) is 4.79 Å². The summed E-state index contributed by atoms with van der Waals surface area (Å²) in [6.45, 7) is 4.99. The summed E-state index contributed by atoms with van der Waals surface area (Å²) in [5.41, 5.74) is 0. The highest BCUT2D eigenvalue weighted by atomic mass is 16.6. The molecular formula is C20H38O5. The smallest absolute Gasteiger partial charge is 0.335 e. The molecule has 0 aromatic heterocycles. The van der Waals surface area contributed by atoms with Gasteiger partial charge in [-0.05, 0) is 12.8 Å². The van der Waals surface area contributed by atoms with Gasteiger partial charge >= 0.3 is 11.9 Å². The summed E-state index contributed by atoms with van der Waals surface area (Å²) in [4.78, 5) is 23.2. The lowest BCUT2D eigenvalue weighted by Crippen LogP contribution is -2.27. The molecule has 0 saturated heterocycles. The van der Waals surface area contributed by atoms with E-state index in [4.69, 9.17) is 9.47 Å². The van der Waals surface area contributed by atoms with Crippen molar-refractivity contribution in [1.29, 1.82) is 0 Å². The maximum Gasteiger partial charge on any atom is 0.335 e. The van der Waals surface area contributed by atoms with Gasteiger partial charge in [0.25, 0.3) is 0 Å². The Morgan fingerprint density at radius 3 is 1.68 bits per heavy atom. The largest absolute Gasteiger partial charge is 0.466 e. The third-order valence-electron chi connectivity index (χ3n) is 4.14. The first-order valence-corrected chi connectivity index (χ1v) is 10.1. The van der Waals surface area contributed by atoms with Gasteiger partial charge in [0.1, 0.15) is 0 Å². The molecule has 0 spiro atoms. The third kappa shape index (κ3) is 16.1. The number of unbranched alkanes of at least 4 members (excludes halogenated alkanes) is 10. The molecule has 5 heteroatoms. The number of carbonyl (C=O) groups is 2. The summed E-state index contributed by atoms with van der Waals surface area (Å²) in [5.74, 6) is -1.28. The summed E-state index contributed by atoms with van der Waals surface area (Å²) < 4.78 is 10.0. The highest BCUT2D eigenvalue weighted by Gasteiger charge is 2.21. The molecule has 0 aliphatic rings. The van der Waals surface area contributed by atoms with Crippen LogP contribution in [0.2, 0.25) is 0 Å². The van der Waals surface area contributed by atoms with Crippen LogP contribution in [0, 0.1) is 0 Å². The number of ether oxygens (including phenoxy) is 2. The van der Waals surface area contributed by atoms with E-state index in [2.05, 4.69) is 13.8 Å². The zero-order valence-corrected chi connectivity index (χ0v) is 16.3. The lowest BCUT2D eigenvalue weighted by atomic mass is 10.1. The Morgan fingerprint density at radius 1 is 0.720 bits per heavy atom. The minimum Gasteiger partial charge on any atom is -0.466 e. The maximum absolute atomic E-state index is 11.6. The molecule has 5 nitrogen and oxygen atoms in total. The van der Waals surface area contributed by atoms with Crippen LogP contribution in [0.5, 0.6) is 0 Å². The Kier molecular flexibility index (Phi) is 16.9. The van der Waals surface area contributed by atoms with Crippen LogP contribution in [-0.4, -0.2) is 36.4 Å². The van der Waals surface area contributed by atoms with Gasteiger partial charge in [0.2, 0.25) is 0 Å². The van der Waals surface area contributed by atoms with Crippen LogP contribution in [0.3, 0.4) is 0 Å². The molecule has 0 rings (SSSR count). The number of esters is 2. The lowest BCUT2D eigenvalue weighted by molar-refractivity contribution is -0.160. The second-order valence-electron chi connectivity index (χ2n) is 6.64. The van der Waals surface area contributed by atoms with Crippen molar-refractivity contribution in [3.8, 4) is 0 Å². The number of hydrogen-bond donors (Lipinski definition) is 1. The normalized spacial score (nSPS) is 12.0. The van der Waals surface area contributed by atoms with Gasteiger partial charge in [0.05, 0.1) is 19.6 Å². The number of hydrogen-bond acceptors (Lipinski definition) is 5. The van der Waals surface area contributed by atoms with E-state index < -0.39 is 18.0 Å². The molecule has 0 saturated carbocycles. The van der Waals surface area contributed by atoms with Crippen molar-refractivity contribution in [3.05, 3.63) is 0 Å². The molecule has 1 N–H and O–H groups in total. The molecule has 0 unspecified atom stereocenters. The molecule has 0 aromatic rings.